The fraction of sp³-hybridized carbons (Fsp3) is 0.125. The van der Waals surface area contributed by atoms with Crippen molar-refractivity contribution in [2.24, 2.45) is 0 Å². The molecule has 8 nitrogen and oxygen atoms in total. The summed E-state index contributed by atoms with van der Waals surface area (Å²) in [5.74, 6) is 0.0889. The minimum atomic E-state index is -0.480. The Balaban J connectivity index is 1.42. The number of hydrogen-bond donors (Lipinski definition) is 1. The van der Waals surface area contributed by atoms with E-state index in [4.69, 9.17) is 4.74 Å². The Kier molecular flexibility index (Phi) is 6.57. The average molecular weight is 458 g/mol. The number of fused-ring (bicyclic) bond motifs is 1. The number of amides is 1. The smallest absolute Gasteiger partial charge is 0.275 e. The van der Waals surface area contributed by atoms with Crippen molar-refractivity contribution >= 4 is 34.0 Å². The Labute approximate surface area is 193 Å². The van der Waals surface area contributed by atoms with Crippen molar-refractivity contribution in [1.82, 2.24) is 14.6 Å². The van der Waals surface area contributed by atoms with Crippen molar-refractivity contribution in [3.63, 3.8) is 0 Å². The first-order valence-electron chi connectivity index (χ1n) is 10.2. The second kappa shape index (κ2) is 9.89. The summed E-state index contributed by atoms with van der Waals surface area (Å²) in [7, 11) is 0. The molecule has 0 aliphatic heterocycles. The summed E-state index contributed by atoms with van der Waals surface area (Å²) in [6.45, 7) is 2.10. The molecule has 0 saturated carbocycles. The Bertz CT molecular complexity index is 1420. The summed E-state index contributed by atoms with van der Waals surface area (Å²) in [4.78, 5) is 29.6. The molecule has 0 aliphatic carbocycles. The number of para-hydroxylation sites is 1. The number of carbonyl (C=O) groups excluding carboxylic acids is 1. The molecule has 0 aliphatic rings. The molecule has 33 heavy (non-hydrogen) atoms. The van der Waals surface area contributed by atoms with Gasteiger partial charge < -0.3 is 10.1 Å². The summed E-state index contributed by atoms with van der Waals surface area (Å²) in [6, 6.07) is 19.2. The third-order valence-electron chi connectivity index (χ3n) is 4.62. The number of nitriles is 1. The predicted octanol–water partition coefficient (Wildman–Crippen LogP) is 3.84. The first-order chi connectivity index (χ1) is 16.1. The SMILES string of the molecule is CCc1nn2c(=O)cc(COc3ccc(/C=C(\C#N)C(=O)Nc4ccccc4)cc3)nc2s1. The maximum Gasteiger partial charge on any atom is 0.275 e. The summed E-state index contributed by atoms with van der Waals surface area (Å²) in [5.41, 5.74) is 1.55. The molecule has 0 saturated heterocycles. The summed E-state index contributed by atoms with van der Waals surface area (Å²) in [6.07, 6.45) is 2.25. The van der Waals surface area contributed by atoms with Gasteiger partial charge in [0.25, 0.3) is 11.5 Å². The zero-order chi connectivity index (χ0) is 23.2. The highest BCUT2D eigenvalue weighted by atomic mass is 32.1. The van der Waals surface area contributed by atoms with E-state index >= 15 is 0 Å². The van der Waals surface area contributed by atoms with Gasteiger partial charge in [-0.3, -0.25) is 9.59 Å². The van der Waals surface area contributed by atoms with Gasteiger partial charge in [0.1, 0.15) is 29.0 Å². The van der Waals surface area contributed by atoms with Gasteiger partial charge in [0.15, 0.2) is 0 Å². The second-order valence-electron chi connectivity index (χ2n) is 6.98. The highest BCUT2D eigenvalue weighted by Crippen LogP contribution is 2.17. The quantitative estimate of drug-likeness (QED) is 0.334. The molecule has 1 N–H and O–H groups in total. The van der Waals surface area contributed by atoms with Crippen LogP contribution >= 0.6 is 11.3 Å². The van der Waals surface area contributed by atoms with E-state index < -0.39 is 5.91 Å². The predicted molar refractivity (Wildman–Crippen MR) is 126 cm³/mol. The minimum Gasteiger partial charge on any atom is -0.487 e. The third-order valence-corrected chi connectivity index (χ3v) is 5.67. The van der Waals surface area contributed by atoms with Gasteiger partial charge in [-0.15, -0.1) is 0 Å². The molecule has 0 spiro atoms. The Morgan fingerprint density at radius 3 is 2.67 bits per heavy atom. The van der Waals surface area contributed by atoms with Crippen molar-refractivity contribution in [3.05, 3.63) is 92.9 Å². The molecule has 0 radical (unpaired) electrons. The molecular weight excluding hydrogens is 438 g/mol. The van der Waals surface area contributed by atoms with Crippen molar-refractivity contribution in [2.45, 2.75) is 20.0 Å². The van der Waals surface area contributed by atoms with Crippen LogP contribution in [0.25, 0.3) is 11.0 Å². The van der Waals surface area contributed by atoms with E-state index in [1.54, 1.807) is 48.5 Å². The van der Waals surface area contributed by atoms with Crippen LogP contribution in [0.2, 0.25) is 0 Å². The highest BCUT2D eigenvalue weighted by Gasteiger charge is 2.10. The van der Waals surface area contributed by atoms with Gasteiger partial charge in [0.05, 0.1) is 5.69 Å². The van der Waals surface area contributed by atoms with Crippen molar-refractivity contribution in [1.29, 1.82) is 5.26 Å². The number of carbonyl (C=O) groups is 1. The van der Waals surface area contributed by atoms with Crippen molar-refractivity contribution in [3.8, 4) is 11.8 Å². The van der Waals surface area contributed by atoms with Crippen LogP contribution in [0.3, 0.4) is 0 Å². The summed E-state index contributed by atoms with van der Waals surface area (Å²) in [5, 5.41) is 17.1. The molecule has 0 unspecified atom stereocenters. The topological polar surface area (TPSA) is 109 Å². The number of aromatic nitrogens is 3. The lowest BCUT2D eigenvalue weighted by Gasteiger charge is -2.06. The van der Waals surface area contributed by atoms with Crippen LogP contribution in [0, 0.1) is 11.3 Å². The number of benzene rings is 2. The number of hydrogen-bond acceptors (Lipinski definition) is 7. The molecule has 2 aromatic heterocycles. The van der Waals surface area contributed by atoms with Gasteiger partial charge in [-0.1, -0.05) is 48.6 Å². The molecule has 4 rings (SSSR count). The molecular formula is C24H19N5O3S. The Morgan fingerprint density at radius 1 is 1.21 bits per heavy atom. The fourth-order valence-electron chi connectivity index (χ4n) is 2.97. The lowest BCUT2D eigenvalue weighted by molar-refractivity contribution is -0.112. The van der Waals surface area contributed by atoms with E-state index in [9.17, 15) is 14.9 Å². The zero-order valence-electron chi connectivity index (χ0n) is 17.7. The van der Waals surface area contributed by atoms with E-state index in [0.29, 0.717) is 27.7 Å². The molecule has 0 fully saturated rings. The lowest BCUT2D eigenvalue weighted by atomic mass is 10.1. The number of aryl methyl sites for hydroxylation is 1. The summed E-state index contributed by atoms with van der Waals surface area (Å²) < 4.78 is 7.05. The number of rotatable bonds is 7. The van der Waals surface area contributed by atoms with Crippen LogP contribution in [0.15, 0.2) is 71.0 Å². The number of nitrogens with zero attached hydrogens (tertiary/aromatic N) is 4. The number of ether oxygens (including phenoxy) is 1. The monoisotopic (exact) mass is 457 g/mol. The van der Waals surface area contributed by atoms with Crippen molar-refractivity contribution < 1.29 is 9.53 Å². The first-order valence-corrected chi connectivity index (χ1v) is 11.0. The molecule has 0 bridgehead atoms. The van der Waals surface area contributed by atoms with E-state index in [2.05, 4.69) is 15.4 Å². The highest BCUT2D eigenvalue weighted by molar-refractivity contribution is 7.16. The van der Waals surface area contributed by atoms with Crippen LogP contribution < -0.4 is 15.6 Å². The first kappa shape index (κ1) is 21.9. The van der Waals surface area contributed by atoms with Gasteiger partial charge in [-0.25, -0.2) is 4.98 Å². The van der Waals surface area contributed by atoms with Crippen molar-refractivity contribution in [2.75, 3.05) is 5.32 Å². The largest absolute Gasteiger partial charge is 0.487 e. The molecule has 2 aromatic carbocycles. The molecule has 164 valence electrons. The van der Waals surface area contributed by atoms with E-state index in [-0.39, 0.29) is 17.7 Å². The van der Waals surface area contributed by atoms with Crippen LogP contribution in [0.5, 0.6) is 5.75 Å². The molecule has 2 heterocycles. The van der Waals surface area contributed by atoms with Crippen LogP contribution in [0.1, 0.15) is 23.2 Å². The molecule has 9 heteroatoms. The minimum absolute atomic E-state index is 0.0125. The van der Waals surface area contributed by atoms with Gasteiger partial charge in [-0.05, 0) is 42.3 Å². The lowest BCUT2D eigenvalue weighted by Crippen LogP contribution is -2.16. The van der Waals surface area contributed by atoms with Crippen LogP contribution in [-0.4, -0.2) is 20.5 Å². The Morgan fingerprint density at radius 2 is 1.97 bits per heavy atom. The zero-order valence-corrected chi connectivity index (χ0v) is 18.5. The number of nitrogens with one attached hydrogen (secondary N) is 1. The van der Waals surface area contributed by atoms with Gasteiger partial charge in [0, 0.05) is 11.8 Å². The molecule has 4 aromatic rings. The van der Waals surface area contributed by atoms with E-state index in [1.165, 1.54) is 28.0 Å². The van der Waals surface area contributed by atoms with Crippen LogP contribution in [0.4, 0.5) is 5.69 Å². The maximum absolute atomic E-state index is 12.4. The summed E-state index contributed by atoms with van der Waals surface area (Å²) >= 11 is 1.38. The second-order valence-corrected chi connectivity index (χ2v) is 8.02. The third kappa shape index (κ3) is 5.31. The molecule has 1 amide bonds. The Hall–Kier alpha value is -4.29. The van der Waals surface area contributed by atoms with E-state index in [1.807, 2.05) is 19.1 Å². The number of anilines is 1. The van der Waals surface area contributed by atoms with E-state index in [0.717, 1.165) is 11.4 Å². The maximum atomic E-state index is 12.4. The van der Waals surface area contributed by atoms with Crippen LogP contribution in [-0.2, 0) is 17.8 Å². The van der Waals surface area contributed by atoms with Gasteiger partial charge in [-0.2, -0.15) is 14.9 Å². The normalized spacial score (nSPS) is 11.2. The van der Waals surface area contributed by atoms with Gasteiger partial charge in [0.2, 0.25) is 4.96 Å². The average Bonchev–Trinajstić information content (AvgIpc) is 3.26. The standard InChI is InChI=1S/C24H19N5O3S/c1-2-21-28-29-22(30)13-19(27-24(29)33-21)15-32-20-10-8-16(9-11-20)12-17(14-25)23(31)26-18-6-4-3-5-7-18/h3-13H,2,15H2,1H3,(H,26,31)/b17-12+. The molecule has 0 atom stereocenters. The van der Waals surface area contributed by atoms with Gasteiger partial charge >= 0.3 is 0 Å². The fourth-order valence-corrected chi connectivity index (χ4v) is 3.82.